The molecule has 0 aliphatic rings. The fraction of sp³-hybridized carbons (Fsp3) is 0.0435. The molecule has 10 aromatic rings. The van der Waals surface area contributed by atoms with Crippen molar-refractivity contribution in [3.05, 3.63) is 164 Å². The summed E-state index contributed by atoms with van der Waals surface area (Å²) in [5, 5.41) is 7.40. The lowest BCUT2D eigenvalue weighted by Gasteiger charge is -2.14. The van der Waals surface area contributed by atoms with Crippen LogP contribution < -0.4 is 0 Å². The quantitative estimate of drug-likeness (QED) is 0.188. The molecular formula is C46H33N3S. The minimum absolute atomic E-state index is 0.653. The average Bonchev–Trinajstić information content (AvgIpc) is 3.76. The molecule has 0 radical (unpaired) electrons. The van der Waals surface area contributed by atoms with E-state index in [1.807, 2.05) is 37.3 Å². The summed E-state index contributed by atoms with van der Waals surface area (Å²) in [4.78, 5) is 10.7. The van der Waals surface area contributed by atoms with Crippen molar-refractivity contribution >= 4 is 64.1 Å². The molecule has 0 aliphatic carbocycles. The highest BCUT2D eigenvalue weighted by Gasteiger charge is 2.22. The number of benzene rings is 7. The first-order chi connectivity index (χ1) is 24.8. The van der Waals surface area contributed by atoms with Gasteiger partial charge in [-0.15, -0.1) is 11.3 Å². The van der Waals surface area contributed by atoms with Gasteiger partial charge in [0.25, 0.3) is 0 Å². The van der Waals surface area contributed by atoms with Crippen molar-refractivity contribution in [1.29, 1.82) is 0 Å². The molecule has 4 heteroatoms. The zero-order valence-corrected chi connectivity index (χ0v) is 28.7. The third kappa shape index (κ3) is 4.80. The molecule has 0 aliphatic heterocycles. The second kappa shape index (κ2) is 12.4. The summed E-state index contributed by atoms with van der Waals surface area (Å²) < 4.78 is 4.89. The fourth-order valence-electron chi connectivity index (χ4n) is 7.31. The Labute approximate surface area is 294 Å². The molecule has 0 unspecified atom stereocenters. The predicted octanol–water partition coefficient (Wildman–Crippen LogP) is 13.1. The molecule has 0 spiro atoms. The van der Waals surface area contributed by atoms with Crippen LogP contribution in [0.5, 0.6) is 0 Å². The van der Waals surface area contributed by atoms with Gasteiger partial charge in [-0.3, -0.25) is 4.57 Å². The van der Waals surface area contributed by atoms with Gasteiger partial charge in [0.05, 0.1) is 22.4 Å². The molecule has 3 aromatic heterocycles. The van der Waals surface area contributed by atoms with Gasteiger partial charge >= 0.3 is 0 Å². The van der Waals surface area contributed by atoms with E-state index >= 15 is 0 Å². The van der Waals surface area contributed by atoms with Crippen LogP contribution >= 0.6 is 11.3 Å². The van der Waals surface area contributed by atoms with Gasteiger partial charge in [-0.1, -0.05) is 153 Å². The third-order valence-electron chi connectivity index (χ3n) is 9.42. The molecule has 0 fully saturated rings. The minimum atomic E-state index is 0.653. The summed E-state index contributed by atoms with van der Waals surface area (Å²) in [6, 6.07) is 58.2. The average molecular weight is 660 g/mol. The standard InChI is InChI=1S/C44H27N3S.C2H6/c1-3-14-29(15-4-1)36-27-37(30-16-5-2-6-17-30)46-44(45-36)47-38-26-25-28-13-7-8-18-31(28)41(38)35-22-11-21-33(43(35)47)32-20-12-24-40-42(32)34-19-9-10-23-39(34)48-40;1-2/h1-27H;1-2H3. The lowest BCUT2D eigenvalue weighted by molar-refractivity contribution is 0.996. The smallest absolute Gasteiger partial charge is 0.235 e. The van der Waals surface area contributed by atoms with Gasteiger partial charge in [-0.05, 0) is 40.6 Å². The highest BCUT2D eigenvalue weighted by Crippen LogP contribution is 2.45. The Bertz CT molecular complexity index is 2770. The summed E-state index contributed by atoms with van der Waals surface area (Å²) in [5.74, 6) is 0.653. The van der Waals surface area contributed by atoms with E-state index in [0.717, 1.165) is 39.1 Å². The number of nitrogens with zero attached hydrogens (tertiary/aromatic N) is 3. The van der Waals surface area contributed by atoms with Gasteiger partial charge in [0.2, 0.25) is 5.95 Å². The van der Waals surface area contributed by atoms with Crippen LogP contribution in [-0.2, 0) is 0 Å². The first kappa shape index (κ1) is 30.0. The molecule has 0 atom stereocenters. The van der Waals surface area contributed by atoms with Crippen LogP contribution in [0.1, 0.15) is 13.8 Å². The largest absolute Gasteiger partial charge is 0.277 e. The van der Waals surface area contributed by atoms with E-state index in [4.69, 9.17) is 9.97 Å². The predicted molar refractivity (Wildman–Crippen MR) is 214 cm³/mol. The van der Waals surface area contributed by atoms with Gasteiger partial charge in [0.15, 0.2) is 0 Å². The van der Waals surface area contributed by atoms with E-state index in [9.17, 15) is 0 Å². The van der Waals surface area contributed by atoms with Crippen molar-refractivity contribution < 1.29 is 0 Å². The van der Waals surface area contributed by atoms with Gasteiger partial charge in [-0.2, -0.15) is 0 Å². The minimum Gasteiger partial charge on any atom is -0.277 e. The monoisotopic (exact) mass is 659 g/mol. The topological polar surface area (TPSA) is 30.7 Å². The zero-order chi connectivity index (χ0) is 33.6. The fourth-order valence-corrected chi connectivity index (χ4v) is 8.44. The maximum absolute atomic E-state index is 5.34. The lowest BCUT2D eigenvalue weighted by Crippen LogP contribution is -2.04. The summed E-state index contributed by atoms with van der Waals surface area (Å²) in [6.07, 6.45) is 0. The Kier molecular flexibility index (Phi) is 7.45. The normalized spacial score (nSPS) is 11.4. The van der Waals surface area contributed by atoms with Gasteiger partial charge in [-0.25, -0.2) is 9.97 Å². The lowest BCUT2D eigenvalue weighted by atomic mass is 9.96. The molecule has 0 N–H and O–H groups in total. The number of thiophene rings is 1. The molecule has 0 saturated carbocycles. The zero-order valence-electron chi connectivity index (χ0n) is 27.8. The van der Waals surface area contributed by atoms with Crippen molar-refractivity contribution in [2.75, 3.05) is 0 Å². The molecule has 7 aromatic carbocycles. The Morgan fingerprint density at radius 1 is 0.460 bits per heavy atom. The van der Waals surface area contributed by atoms with Crippen molar-refractivity contribution in [3.8, 4) is 39.6 Å². The van der Waals surface area contributed by atoms with Crippen molar-refractivity contribution in [2.45, 2.75) is 13.8 Å². The Hall–Kier alpha value is -6.10. The second-order valence-electron chi connectivity index (χ2n) is 12.2. The molecule has 0 amide bonds. The molecule has 0 bridgehead atoms. The van der Waals surface area contributed by atoms with E-state index in [0.29, 0.717) is 5.95 Å². The maximum Gasteiger partial charge on any atom is 0.235 e. The van der Waals surface area contributed by atoms with Gasteiger partial charge in [0, 0.05) is 47.6 Å². The molecular weight excluding hydrogens is 627 g/mol. The summed E-state index contributed by atoms with van der Waals surface area (Å²) in [7, 11) is 0. The van der Waals surface area contributed by atoms with Crippen molar-refractivity contribution in [1.82, 2.24) is 14.5 Å². The number of fused-ring (bicyclic) bond motifs is 8. The van der Waals surface area contributed by atoms with Crippen LogP contribution in [0, 0.1) is 0 Å². The van der Waals surface area contributed by atoms with Crippen molar-refractivity contribution in [3.63, 3.8) is 0 Å². The van der Waals surface area contributed by atoms with Gasteiger partial charge < -0.3 is 0 Å². The highest BCUT2D eigenvalue weighted by atomic mass is 32.1. The highest BCUT2D eigenvalue weighted by molar-refractivity contribution is 7.25. The molecule has 0 saturated heterocycles. The SMILES string of the molecule is CC.c1ccc(-c2cc(-c3ccccc3)nc(-n3c4ccc5ccccc5c4c4cccc(-c5cccc6sc7ccccc7c56)c43)n2)cc1. The van der Waals surface area contributed by atoms with E-state index in [1.165, 1.54) is 47.3 Å². The van der Waals surface area contributed by atoms with Gasteiger partial charge in [0.1, 0.15) is 0 Å². The Balaban J connectivity index is 0.00000165. The number of hydrogen-bond donors (Lipinski definition) is 0. The molecule has 3 heterocycles. The van der Waals surface area contributed by atoms with E-state index in [2.05, 4.69) is 156 Å². The second-order valence-corrected chi connectivity index (χ2v) is 13.2. The van der Waals surface area contributed by atoms with Crippen LogP contribution in [0.3, 0.4) is 0 Å². The van der Waals surface area contributed by atoms with Crippen LogP contribution in [0.4, 0.5) is 0 Å². The number of aromatic nitrogens is 3. The number of hydrogen-bond acceptors (Lipinski definition) is 3. The number of rotatable bonds is 4. The maximum atomic E-state index is 5.34. The van der Waals surface area contributed by atoms with Crippen molar-refractivity contribution in [2.24, 2.45) is 0 Å². The molecule has 10 rings (SSSR count). The summed E-state index contributed by atoms with van der Waals surface area (Å²) in [6.45, 7) is 4.00. The molecule has 50 heavy (non-hydrogen) atoms. The summed E-state index contributed by atoms with van der Waals surface area (Å²) >= 11 is 1.85. The Morgan fingerprint density at radius 3 is 1.78 bits per heavy atom. The first-order valence-corrected chi connectivity index (χ1v) is 18.0. The molecule has 238 valence electrons. The van der Waals surface area contributed by atoms with Crippen LogP contribution in [0.2, 0.25) is 0 Å². The summed E-state index contributed by atoms with van der Waals surface area (Å²) in [5.41, 5.74) is 8.46. The van der Waals surface area contributed by atoms with Crippen LogP contribution in [0.15, 0.2) is 164 Å². The van der Waals surface area contributed by atoms with E-state index < -0.39 is 0 Å². The van der Waals surface area contributed by atoms with Crippen LogP contribution in [-0.4, -0.2) is 14.5 Å². The van der Waals surface area contributed by atoms with Crippen LogP contribution in [0.25, 0.3) is 92.3 Å². The Morgan fingerprint density at radius 2 is 1.04 bits per heavy atom. The van der Waals surface area contributed by atoms with E-state index in [-0.39, 0.29) is 0 Å². The van der Waals surface area contributed by atoms with E-state index in [1.54, 1.807) is 0 Å². The third-order valence-corrected chi connectivity index (χ3v) is 10.6. The first-order valence-electron chi connectivity index (χ1n) is 17.2. The number of para-hydroxylation sites is 1. The molecule has 3 nitrogen and oxygen atoms in total.